The molecule has 0 spiro atoms. The van der Waals surface area contributed by atoms with E-state index >= 15 is 0 Å². The number of hydrogen-bond donors (Lipinski definition) is 2. The van der Waals surface area contributed by atoms with Gasteiger partial charge in [0.15, 0.2) is 9.84 Å². The zero-order chi connectivity index (χ0) is 14.3. The van der Waals surface area contributed by atoms with E-state index in [1.165, 1.54) is 6.26 Å². The van der Waals surface area contributed by atoms with Crippen LogP contribution in [-0.2, 0) is 9.84 Å². The number of rotatable bonds is 5. The van der Waals surface area contributed by atoms with Gasteiger partial charge in [0.05, 0.1) is 12.4 Å². The van der Waals surface area contributed by atoms with Crippen LogP contribution in [-0.4, -0.2) is 40.1 Å². The van der Waals surface area contributed by atoms with Crippen LogP contribution in [0.5, 0.6) is 5.75 Å². The minimum absolute atomic E-state index is 0.122. The molecule has 0 amide bonds. The number of benzene rings is 1. The highest BCUT2D eigenvalue weighted by Gasteiger charge is 2.68. The Balaban J connectivity index is 2.37. The smallest absolute Gasteiger partial charge is 0.151 e. The van der Waals surface area contributed by atoms with Crippen molar-refractivity contribution in [1.82, 2.24) is 0 Å². The predicted molar refractivity (Wildman–Crippen MR) is 74.9 cm³/mol. The van der Waals surface area contributed by atoms with Crippen LogP contribution in [0.2, 0.25) is 0 Å². The molecule has 1 saturated carbocycles. The zero-order valence-electron chi connectivity index (χ0n) is 11.2. The van der Waals surface area contributed by atoms with Gasteiger partial charge in [0.25, 0.3) is 0 Å². The van der Waals surface area contributed by atoms with Crippen molar-refractivity contribution in [2.75, 3.05) is 26.5 Å². The molecule has 0 radical (unpaired) electrons. The van der Waals surface area contributed by atoms with Crippen molar-refractivity contribution in [3.05, 3.63) is 29.8 Å². The van der Waals surface area contributed by atoms with Gasteiger partial charge in [-0.3, -0.25) is 0 Å². The van der Waals surface area contributed by atoms with Gasteiger partial charge in [-0.05, 0) is 17.7 Å². The summed E-state index contributed by atoms with van der Waals surface area (Å²) in [6.07, 6.45) is 1.25. The molecule has 2 atom stereocenters. The van der Waals surface area contributed by atoms with Gasteiger partial charge in [0.2, 0.25) is 0 Å². The first-order chi connectivity index (χ1) is 8.90. The fourth-order valence-corrected chi connectivity index (χ4v) is 5.05. The lowest BCUT2D eigenvalue weighted by atomic mass is 9.99. The highest BCUT2D eigenvalue weighted by Crippen LogP contribution is 2.61. The second-order valence-electron chi connectivity index (χ2n) is 5.14. The van der Waals surface area contributed by atoms with Gasteiger partial charge in [-0.25, -0.2) is 8.42 Å². The van der Waals surface area contributed by atoms with Crippen molar-refractivity contribution in [3.63, 3.8) is 0 Å². The topological polar surface area (TPSA) is 95.4 Å². The van der Waals surface area contributed by atoms with Gasteiger partial charge in [-0.15, -0.1) is 0 Å². The zero-order valence-corrected chi connectivity index (χ0v) is 12.0. The van der Waals surface area contributed by atoms with Crippen molar-refractivity contribution in [2.45, 2.75) is 11.2 Å². The van der Waals surface area contributed by atoms with E-state index in [-0.39, 0.29) is 19.0 Å². The molecule has 1 aliphatic carbocycles. The summed E-state index contributed by atoms with van der Waals surface area (Å²) in [4.78, 5) is 0. The summed E-state index contributed by atoms with van der Waals surface area (Å²) in [5.41, 5.74) is 12.0. The average molecular weight is 284 g/mol. The lowest BCUT2D eigenvalue weighted by Crippen LogP contribution is -2.31. The molecule has 0 bridgehead atoms. The predicted octanol–water partition coefficient (Wildman–Crippen LogP) is 0.109. The largest absolute Gasteiger partial charge is 0.497 e. The third-order valence-electron chi connectivity index (χ3n) is 4.08. The Kier molecular flexibility index (Phi) is 3.59. The highest BCUT2D eigenvalue weighted by atomic mass is 32.2. The lowest BCUT2D eigenvalue weighted by molar-refractivity contribution is 0.414. The summed E-state index contributed by atoms with van der Waals surface area (Å²) in [5, 5.41) is -0.483. The van der Waals surface area contributed by atoms with Crippen LogP contribution in [0.4, 0.5) is 0 Å². The van der Waals surface area contributed by atoms with Crippen LogP contribution in [0.15, 0.2) is 24.3 Å². The second kappa shape index (κ2) is 4.77. The average Bonchev–Trinajstić information content (AvgIpc) is 3.09. The number of hydrogen-bond acceptors (Lipinski definition) is 5. The van der Waals surface area contributed by atoms with Crippen molar-refractivity contribution < 1.29 is 13.2 Å². The van der Waals surface area contributed by atoms with Crippen LogP contribution >= 0.6 is 0 Å². The molecule has 2 unspecified atom stereocenters. The third kappa shape index (κ3) is 2.24. The number of nitrogens with two attached hydrogens (primary N) is 2. The van der Waals surface area contributed by atoms with E-state index < -0.39 is 20.5 Å². The lowest BCUT2D eigenvalue weighted by Gasteiger charge is -2.12. The molecular formula is C13H20N2O3S. The maximum absolute atomic E-state index is 11.9. The molecular weight excluding hydrogens is 264 g/mol. The quantitative estimate of drug-likeness (QED) is 0.800. The first-order valence-corrected chi connectivity index (χ1v) is 8.09. The summed E-state index contributed by atoms with van der Waals surface area (Å²) in [6, 6.07) is 7.42. The van der Waals surface area contributed by atoms with Crippen molar-refractivity contribution in [2.24, 2.45) is 16.9 Å². The fraction of sp³-hybridized carbons (Fsp3) is 0.538. The minimum Gasteiger partial charge on any atom is -0.497 e. The molecule has 2 rings (SSSR count). The van der Waals surface area contributed by atoms with Crippen molar-refractivity contribution in [3.8, 4) is 5.75 Å². The molecule has 0 aromatic heterocycles. The summed E-state index contributed by atoms with van der Waals surface area (Å²) >= 11 is 0. The van der Waals surface area contributed by atoms with E-state index in [0.29, 0.717) is 0 Å². The van der Waals surface area contributed by atoms with E-state index in [1.807, 2.05) is 24.3 Å². The molecule has 19 heavy (non-hydrogen) atoms. The SMILES string of the molecule is COc1ccc(C2C(S(C)(=O)=O)C2(CN)CN)cc1. The molecule has 5 nitrogen and oxygen atoms in total. The van der Waals surface area contributed by atoms with Gasteiger partial charge in [0, 0.05) is 30.7 Å². The maximum Gasteiger partial charge on any atom is 0.151 e. The Morgan fingerprint density at radius 2 is 1.74 bits per heavy atom. The standard InChI is InChI=1S/C13H20N2O3S/c1-18-10-5-3-9(4-6-10)11-12(19(2,16)17)13(11,7-14)8-15/h3-6,11-12H,7-8,14-15H2,1-2H3. The second-order valence-corrected chi connectivity index (χ2v) is 7.31. The van der Waals surface area contributed by atoms with Crippen molar-refractivity contribution >= 4 is 9.84 Å². The van der Waals surface area contributed by atoms with Gasteiger partial charge in [0.1, 0.15) is 5.75 Å². The summed E-state index contributed by atoms with van der Waals surface area (Å²) in [7, 11) is -1.57. The fourth-order valence-electron chi connectivity index (χ4n) is 3.01. The maximum atomic E-state index is 11.9. The van der Waals surface area contributed by atoms with Gasteiger partial charge in [-0.2, -0.15) is 0 Å². The molecule has 0 aliphatic heterocycles. The first kappa shape index (κ1) is 14.3. The Morgan fingerprint density at radius 3 is 2.05 bits per heavy atom. The highest BCUT2D eigenvalue weighted by molar-refractivity contribution is 7.91. The van der Waals surface area contributed by atoms with E-state index in [1.54, 1.807) is 7.11 Å². The van der Waals surface area contributed by atoms with Crippen LogP contribution in [0.3, 0.4) is 0 Å². The molecule has 1 aromatic carbocycles. The van der Waals surface area contributed by atoms with Crippen LogP contribution < -0.4 is 16.2 Å². The molecule has 0 heterocycles. The van der Waals surface area contributed by atoms with E-state index in [2.05, 4.69) is 0 Å². The molecule has 1 aromatic rings. The van der Waals surface area contributed by atoms with E-state index in [4.69, 9.17) is 16.2 Å². The van der Waals surface area contributed by atoms with E-state index in [0.717, 1.165) is 11.3 Å². The number of methoxy groups -OCH3 is 1. The Morgan fingerprint density at radius 1 is 1.21 bits per heavy atom. The van der Waals surface area contributed by atoms with Gasteiger partial charge >= 0.3 is 0 Å². The monoisotopic (exact) mass is 284 g/mol. The number of sulfone groups is 1. The van der Waals surface area contributed by atoms with Gasteiger partial charge < -0.3 is 16.2 Å². The van der Waals surface area contributed by atoms with Gasteiger partial charge in [-0.1, -0.05) is 12.1 Å². The minimum atomic E-state index is -3.17. The first-order valence-electron chi connectivity index (χ1n) is 6.13. The summed E-state index contributed by atoms with van der Waals surface area (Å²) in [5.74, 6) is 0.620. The third-order valence-corrected chi connectivity index (χ3v) is 5.74. The van der Waals surface area contributed by atoms with Crippen LogP contribution in [0.1, 0.15) is 11.5 Å². The van der Waals surface area contributed by atoms with E-state index in [9.17, 15) is 8.42 Å². The normalized spacial score (nSPS) is 25.1. The molecule has 1 aliphatic rings. The molecule has 0 saturated heterocycles. The van der Waals surface area contributed by atoms with Crippen LogP contribution in [0, 0.1) is 5.41 Å². The molecule has 4 N–H and O–H groups in total. The number of ether oxygens (including phenoxy) is 1. The Bertz CT molecular complexity index is 550. The molecule has 106 valence electrons. The van der Waals surface area contributed by atoms with Crippen LogP contribution in [0.25, 0.3) is 0 Å². The van der Waals surface area contributed by atoms with Crippen molar-refractivity contribution in [1.29, 1.82) is 0 Å². The summed E-state index contributed by atoms with van der Waals surface area (Å²) in [6.45, 7) is 0.551. The summed E-state index contributed by atoms with van der Waals surface area (Å²) < 4.78 is 28.9. The molecule has 1 fully saturated rings. The molecule has 6 heteroatoms. The Labute approximate surface area is 113 Å². The Hall–Kier alpha value is -1.11.